The van der Waals surface area contributed by atoms with Gasteiger partial charge in [0, 0.05) is 76.4 Å². The van der Waals surface area contributed by atoms with Crippen molar-refractivity contribution in [3.8, 4) is 11.1 Å². The van der Waals surface area contributed by atoms with Gasteiger partial charge in [-0.2, -0.15) is 9.61 Å². The Bertz CT molecular complexity index is 1510. The fourth-order valence-corrected chi connectivity index (χ4v) is 8.07. The SMILES string of the molecule is CC(C)(C)OC(=O)N1C2CC[C@@H]1CC(c1cc(N(COCC[Si](C)(C)C)COCC[Si](C)(C)C)n3ncc(-c4ccc(Cl)nc4)c3n1)C2. The van der Waals surface area contributed by atoms with Crippen molar-refractivity contribution in [2.75, 3.05) is 31.6 Å². The highest BCUT2D eigenvalue weighted by Gasteiger charge is 2.45. The van der Waals surface area contributed by atoms with E-state index in [4.69, 9.17) is 35.9 Å². The average molecular weight is 715 g/mol. The smallest absolute Gasteiger partial charge is 0.410 e. The third-order valence-electron chi connectivity index (χ3n) is 9.08. The molecule has 0 saturated carbocycles. The Morgan fingerprint density at radius 2 is 1.56 bits per heavy atom. The molecule has 2 saturated heterocycles. The minimum absolute atomic E-state index is 0.126. The van der Waals surface area contributed by atoms with Crippen LogP contribution in [0.25, 0.3) is 16.8 Å². The first-order chi connectivity index (χ1) is 22.5. The van der Waals surface area contributed by atoms with Crippen molar-refractivity contribution in [3.05, 3.63) is 41.4 Å². The van der Waals surface area contributed by atoms with Gasteiger partial charge >= 0.3 is 6.09 Å². The summed E-state index contributed by atoms with van der Waals surface area (Å²) in [6.45, 7) is 22.1. The molecule has 0 aliphatic carbocycles. The molecule has 1 amide bonds. The van der Waals surface area contributed by atoms with Crippen LogP contribution in [0, 0.1) is 0 Å². The van der Waals surface area contributed by atoms with Crippen molar-refractivity contribution in [1.82, 2.24) is 24.5 Å². The molecule has 3 atom stereocenters. The van der Waals surface area contributed by atoms with Crippen molar-refractivity contribution in [2.45, 2.75) is 121 Å². The fraction of sp³-hybridized carbons (Fsp3) is 0.657. The van der Waals surface area contributed by atoms with Crippen LogP contribution in [0.3, 0.4) is 0 Å². The molecule has 2 aliphatic heterocycles. The van der Waals surface area contributed by atoms with Gasteiger partial charge in [0.15, 0.2) is 5.65 Å². The molecule has 5 heterocycles. The minimum atomic E-state index is -1.26. The van der Waals surface area contributed by atoms with Crippen molar-refractivity contribution in [1.29, 1.82) is 0 Å². The van der Waals surface area contributed by atoms with E-state index in [0.29, 0.717) is 31.8 Å². The molecule has 0 radical (unpaired) electrons. The maximum Gasteiger partial charge on any atom is 0.410 e. The zero-order chi connectivity index (χ0) is 34.9. The average Bonchev–Trinajstić information content (AvgIpc) is 3.52. The first-order valence-electron chi connectivity index (χ1n) is 17.4. The van der Waals surface area contributed by atoms with E-state index < -0.39 is 21.7 Å². The van der Waals surface area contributed by atoms with Crippen LogP contribution in [0.4, 0.5) is 10.6 Å². The maximum atomic E-state index is 13.2. The number of fused-ring (bicyclic) bond motifs is 3. The standard InChI is InChI=1S/C35H55ClN6O4Si2/c1-35(2,3)46-34(43)41-27-11-12-28(41)19-26(18-27)30-20-32(42-33(39-30)29(22-38-42)25-10-13-31(36)37-21-25)40(23-44-14-16-47(4,5)6)24-45-15-17-48(7,8)9/h10,13,20-22,26-28H,11-12,14-19,23-24H2,1-9H3/t26?,27-,28?/m1/s1. The Morgan fingerprint density at radius 1 is 0.958 bits per heavy atom. The summed E-state index contributed by atoms with van der Waals surface area (Å²) in [4.78, 5) is 27.0. The summed E-state index contributed by atoms with van der Waals surface area (Å²) in [5, 5.41) is 5.29. The Morgan fingerprint density at radius 3 is 2.08 bits per heavy atom. The molecule has 0 aromatic carbocycles. The monoisotopic (exact) mass is 714 g/mol. The molecule has 13 heteroatoms. The summed E-state index contributed by atoms with van der Waals surface area (Å²) in [5.41, 5.74) is 3.00. The summed E-state index contributed by atoms with van der Waals surface area (Å²) < 4.78 is 20.4. The summed E-state index contributed by atoms with van der Waals surface area (Å²) in [6.07, 6.45) is 7.04. The number of anilines is 1. The molecule has 2 fully saturated rings. The molecule has 48 heavy (non-hydrogen) atoms. The highest BCUT2D eigenvalue weighted by molar-refractivity contribution is 6.76. The van der Waals surface area contributed by atoms with Crippen molar-refractivity contribution in [3.63, 3.8) is 0 Å². The predicted octanol–water partition coefficient (Wildman–Crippen LogP) is 8.52. The van der Waals surface area contributed by atoms with Gasteiger partial charge in [-0.15, -0.1) is 0 Å². The predicted molar refractivity (Wildman–Crippen MR) is 199 cm³/mol. The first kappa shape index (κ1) is 36.8. The summed E-state index contributed by atoms with van der Waals surface area (Å²) in [5.74, 6) is 1.06. The Balaban J connectivity index is 1.50. The van der Waals surface area contributed by atoms with Gasteiger partial charge in [-0.3, -0.25) is 0 Å². The van der Waals surface area contributed by atoms with Crippen molar-refractivity contribution >= 4 is 45.3 Å². The molecule has 10 nitrogen and oxygen atoms in total. The van der Waals surface area contributed by atoms with E-state index >= 15 is 0 Å². The van der Waals surface area contributed by atoms with E-state index in [1.54, 1.807) is 12.3 Å². The van der Waals surface area contributed by atoms with Crippen LogP contribution in [0.15, 0.2) is 30.6 Å². The molecule has 2 aliphatic rings. The first-order valence-corrected chi connectivity index (χ1v) is 25.2. The summed E-state index contributed by atoms with van der Waals surface area (Å²) in [6, 6.07) is 8.34. The summed E-state index contributed by atoms with van der Waals surface area (Å²) in [7, 11) is -2.52. The Kier molecular flexibility index (Phi) is 11.3. The number of aromatic nitrogens is 4. The van der Waals surface area contributed by atoms with Crippen LogP contribution in [0.2, 0.25) is 56.5 Å². The molecule has 0 N–H and O–H groups in total. The van der Waals surface area contributed by atoms with Gasteiger partial charge in [0.25, 0.3) is 0 Å². The molecular formula is C35H55ClN6O4Si2. The highest BCUT2D eigenvalue weighted by atomic mass is 35.5. The van der Waals surface area contributed by atoms with Gasteiger partial charge in [0.2, 0.25) is 0 Å². The van der Waals surface area contributed by atoms with E-state index in [9.17, 15) is 4.79 Å². The van der Waals surface area contributed by atoms with E-state index in [-0.39, 0.29) is 24.1 Å². The number of nitrogens with zero attached hydrogens (tertiary/aromatic N) is 6. The number of amides is 1. The highest BCUT2D eigenvalue weighted by Crippen LogP contribution is 2.44. The fourth-order valence-electron chi connectivity index (χ4n) is 6.45. The van der Waals surface area contributed by atoms with Crippen LogP contribution < -0.4 is 4.90 Å². The van der Waals surface area contributed by atoms with Crippen molar-refractivity contribution < 1.29 is 19.0 Å². The van der Waals surface area contributed by atoms with E-state index in [1.807, 2.05) is 42.4 Å². The molecule has 2 unspecified atom stereocenters. The molecule has 5 rings (SSSR count). The third kappa shape index (κ3) is 9.59. The lowest BCUT2D eigenvalue weighted by Crippen LogP contribution is -2.48. The Labute approximate surface area is 293 Å². The van der Waals surface area contributed by atoms with Gasteiger partial charge in [0.1, 0.15) is 30.0 Å². The second-order valence-electron chi connectivity index (χ2n) is 16.9. The lowest BCUT2D eigenvalue weighted by Gasteiger charge is -2.39. The van der Waals surface area contributed by atoms with Crippen LogP contribution in [0.1, 0.15) is 58.1 Å². The Hall–Kier alpha value is -2.52. The van der Waals surface area contributed by atoms with Gasteiger partial charge in [-0.25, -0.2) is 14.8 Å². The van der Waals surface area contributed by atoms with Crippen LogP contribution >= 0.6 is 11.6 Å². The molecule has 2 bridgehead atoms. The van der Waals surface area contributed by atoms with Gasteiger partial charge in [-0.1, -0.05) is 50.9 Å². The quantitative estimate of drug-likeness (QED) is 0.0753. The number of carbonyl (C=O) groups excluding carboxylic acids is 1. The topological polar surface area (TPSA) is 94.3 Å². The number of halogens is 1. The van der Waals surface area contributed by atoms with Crippen LogP contribution in [-0.2, 0) is 14.2 Å². The van der Waals surface area contributed by atoms with Crippen LogP contribution in [-0.4, -0.2) is 91.1 Å². The summed E-state index contributed by atoms with van der Waals surface area (Å²) >= 11 is 6.15. The lowest BCUT2D eigenvalue weighted by molar-refractivity contribution is 0.00569. The lowest BCUT2D eigenvalue weighted by atomic mass is 9.88. The van der Waals surface area contributed by atoms with E-state index in [2.05, 4.69) is 55.2 Å². The molecule has 3 aromatic rings. The molecular weight excluding hydrogens is 660 g/mol. The second-order valence-corrected chi connectivity index (χ2v) is 28.5. The van der Waals surface area contributed by atoms with Gasteiger partial charge < -0.3 is 24.0 Å². The minimum Gasteiger partial charge on any atom is -0.444 e. The number of piperidine rings is 1. The number of hydrogen-bond acceptors (Lipinski definition) is 8. The number of pyridine rings is 1. The van der Waals surface area contributed by atoms with Gasteiger partial charge in [0.05, 0.1) is 6.20 Å². The maximum absolute atomic E-state index is 13.2. The zero-order valence-corrected chi connectivity index (χ0v) is 33.1. The van der Waals surface area contributed by atoms with Crippen LogP contribution in [0.5, 0.6) is 0 Å². The largest absolute Gasteiger partial charge is 0.444 e. The van der Waals surface area contributed by atoms with E-state index in [1.165, 1.54) is 0 Å². The molecule has 264 valence electrons. The van der Waals surface area contributed by atoms with Gasteiger partial charge in [-0.05, 0) is 70.7 Å². The number of carbonyl (C=O) groups is 1. The van der Waals surface area contributed by atoms with Crippen molar-refractivity contribution in [2.24, 2.45) is 0 Å². The number of ether oxygens (including phenoxy) is 3. The zero-order valence-electron chi connectivity index (χ0n) is 30.4. The number of hydrogen-bond donors (Lipinski definition) is 0. The molecule has 0 spiro atoms. The normalized spacial score (nSPS) is 20.0. The number of rotatable bonds is 13. The third-order valence-corrected chi connectivity index (χ3v) is 12.7. The second kappa shape index (κ2) is 14.8. The van der Waals surface area contributed by atoms with E-state index in [0.717, 1.165) is 66.1 Å². The molecule has 3 aromatic heterocycles.